The van der Waals surface area contributed by atoms with Crippen LogP contribution in [0, 0.1) is 5.92 Å². The maximum Gasteiger partial charge on any atom is 0.253 e. The molecule has 110 valence electrons. The van der Waals surface area contributed by atoms with Crippen LogP contribution in [0.5, 0.6) is 0 Å². The van der Waals surface area contributed by atoms with Crippen molar-refractivity contribution in [1.82, 2.24) is 4.90 Å². The Morgan fingerprint density at radius 3 is 2.35 bits per heavy atom. The van der Waals surface area contributed by atoms with E-state index in [0.717, 1.165) is 13.0 Å². The molecule has 1 saturated heterocycles. The SMILES string of the molecule is CC1CCN(C(=O)c2ccc(C(C)(C)C)cc2)CC1O. The minimum Gasteiger partial charge on any atom is -0.391 e. The van der Waals surface area contributed by atoms with Crippen molar-refractivity contribution in [3.05, 3.63) is 35.4 Å². The fraction of sp³-hybridized carbons (Fsp3) is 0.588. The molecule has 1 amide bonds. The van der Waals surface area contributed by atoms with Gasteiger partial charge >= 0.3 is 0 Å². The lowest BCUT2D eigenvalue weighted by Crippen LogP contribution is -2.45. The maximum absolute atomic E-state index is 12.4. The van der Waals surface area contributed by atoms with Crippen molar-refractivity contribution in [3.63, 3.8) is 0 Å². The molecular weight excluding hydrogens is 250 g/mol. The normalized spacial score (nSPS) is 23.8. The molecule has 2 rings (SSSR count). The van der Waals surface area contributed by atoms with Crippen molar-refractivity contribution >= 4 is 5.91 Å². The summed E-state index contributed by atoms with van der Waals surface area (Å²) in [7, 11) is 0. The number of aliphatic hydroxyl groups excluding tert-OH is 1. The van der Waals surface area contributed by atoms with E-state index in [9.17, 15) is 9.90 Å². The van der Waals surface area contributed by atoms with E-state index in [2.05, 4.69) is 20.8 Å². The first-order valence-electron chi connectivity index (χ1n) is 7.37. The second-order valence-electron chi connectivity index (χ2n) is 6.91. The van der Waals surface area contributed by atoms with Gasteiger partial charge in [-0.25, -0.2) is 0 Å². The number of amides is 1. The molecule has 0 radical (unpaired) electrons. The highest BCUT2D eigenvalue weighted by Gasteiger charge is 2.27. The van der Waals surface area contributed by atoms with E-state index in [0.29, 0.717) is 12.1 Å². The predicted molar refractivity (Wildman–Crippen MR) is 80.8 cm³/mol. The Bertz CT molecular complexity index is 473. The van der Waals surface area contributed by atoms with Gasteiger partial charge in [0.25, 0.3) is 5.91 Å². The number of likely N-dealkylation sites (tertiary alicyclic amines) is 1. The summed E-state index contributed by atoms with van der Waals surface area (Å²) >= 11 is 0. The molecule has 0 spiro atoms. The fourth-order valence-electron chi connectivity index (χ4n) is 2.53. The lowest BCUT2D eigenvalue weighted by Gasteiger charge is -2.34. The van der Waals surface area contributed by atoms with E-state index in [4.69, 9.17) is 0 Å². The van der Waals surface area contributed by atoms with Crippen LogP contribution in [0.4, 0.5) is 0 Å². The minimum absolute atomic E-state index is 0.0245. The largest absolute Gasteiger partial charge is 0.391 e. The number of hydrogen-bond donors (Lipinski definition) is 1. The van der Waals surface area contributed by atoms with Gasteiger partial charge < -0.3 is 10.0 Å². The van der Waals surface area contributed by atoms with Gasteiger partial charge in [0.15, 0.2) is 0 Å². The van der Waals surface area contributed by atoms with Crippen molar-refractivity contribution in [2.75, 3.05) is 13.1 Å². The van der Waals surface area contributed by atoms with E-state index in [1.54, 1.807) is 4.90 Å². The molecule has 1 aliphatic heterocycles. The molecule has 2 unspecified atom stereocenters. The van der Waals surface area contributed by atoms with Crippen LogP contribution >= 0.6 is 0 Å². The summed E-state index contributed by atoms with van der Waals surface area (Å²) in [6, 6.07) is 7.84. The maximum atomic E-state index is 12.4. The van der Waals surface area contributed by atoms with E-state index in [-0.39, 0.29) is 17.2 Å². The fourth-order valence-corrected chi connectivity index (χ4v) is 2.53. The molecule has 3 nitrogen and oxygen atoms in total. The number of benzene rings is 1. The monoisotopic (exact) mass is 275 g/mol. The highest BCUT2D eigenvalue weighted by Crippen LogP contribution is 2.23. The molecule has 1 aromatic rings. The third-order valence-electron chi connectivity index (χ3n) is 4.20. The smallest absolute Gasteiger partial charge is 0.253 e. The van der Waals surface area contributed by atoms with Crippen LogP contribution in [-0.4, -0.2) is 35.1 Å². The van der Waals surface area contributed by atoms with Gasteiger partial charge in [0.05, 0.1) is 6.10 Å². The highest BCUT2D eigenvalue weighted by atomic mass is 16.3. The van der Waals surface area contributed by atoms with E-state index >= 15 is 0 Å². The Labute approximate surface area is 121 Å². The number of β-amino-alcohol motifs (C(OH)–C–C–N with tert-alkyl or cyclic N) is 1. The second kappa shape index (κ2) is 5.57. The first kappa shape index (κ1) is 15.0. The summed E-state index contributed by atoms with van der Waals surface area (Å²) < 4.78 is 0. The van der Waals surface area contributed by atoms with Crippen molar-refractivity contribution in [3.8, 4) is 0 Å². The van der Waals surface area contributed by atoms with Gasteiger partial charge in [-0.15, -0.1) is 0 Å². The lowest BCUT2D eigenvalue weighted by molar-refractivity contribution is 0.0248. The van der Waals surface area contributed by atoms with Crippen LogP contribution in [0.3, 0.4) is 0 Å². The number of hydrogen-bond acceptors (Lipinski definition) is 2. The Morgan fingerprint density at radius 1 is 1.25 bits per heavy atom. The van der Waals surface area contributed by atoms with Crippen LogP contribution in [-0.2, 0) is 5.41 Å². The Hall–Kier alpha value is -1.35. The first-order valence-corrected chi connectivity index (χ1v) is 7.37. The molecule has 1 aromatic carbocycles. The second-order valence-corrected chi connectivity index (χ2v) is 6.91. The Morgan fingerprint density at radius 2 is 1.85 bits per heavy atom. The van der Waals surface area contributed by atoms with Gasteiger partial charge in [0.2, 0.25) is 0 Å². The Kier molecular flexibility index (Phi) is 4.19. The molecule has 1 fully saturated rings. The third-order valence-corrected chi connectivity index (χ3v) is 4.20. The van der Waals surface area contributed by atoms with Crippen molar-refractivity contribution < 1.29 is 9.90 Å². The molecule has 1 N–H and O–H groups in total. The van der Waals surface area contributed by atoms with Crippen LogP contribution in [0.2, 0.25) is 0 Å². The zero-order chi connectivity index (χ0) is 14.9. The topological polar surface area (TPSA) is 40.5 Å². The minimum atomic E-state index is -0.401. The number of rotatable bonds is 1. The molecule has 20 heavy (non-hydrogen) atoms. The average molecular weight is 275 g/mol. The number of piperidine rings is 1. The molecule has 0 aliphatic carbocycles. The van der Waals surface area contributed by atoms with Gasteiger partial charge in [0, 0.05) is 18.7 Å². The summed E-state index contributed by atoms with van der Waals surface area (Å²) in [6.45, 7) is 9.69. The van der Waals surface area contributed by atoms with E-state index in [1.807, 2.05) is 31.2 Å². The number of carbonyl (C=O) groups is 1. The zero-order valence-electron chi connectivity index (χ0n) is 12.9. The van der Waals surface area contributed by atoms with Crippen molar-refractivity contribution in [2.45, 2.75) is 45.6 Å². The number of aliphatic hydroxyl groups is 1. The third kappa shape index (κ3) is 3.21. The lowest BCUT2D eigenvalue weighted by atomic mass is 9.86. The summed E-state index contributed by atoms with van der Waals surface area (Å²) in [4.78, 5) is 14.2. The van der Waals surface area contributed by atoms with Gasteiger partial charge in [-0.05, 0) is 35.4 Å². The number of nitrogens with zero attached hydrogens (tertiary/aromatic N) is 1. The van der Waals surface area contributed by atoms with E-state index in [1.165, 1.54) is 5.56 Å². The highest BCUT2D eigenvalue weighted by molar-refractivity contribution is 5.94. The molecule has 3 heteroatoms. The van der Waals surface area contributed by atoms with Crippen LogP contribution < -0.4 is 0 Å². The molecule has 0 bridgehead atoms. The molecule has 1 heterocycles. The van der Waals surface area contributed by atoms with Crippen molar-refractivity contribution in [1.29, 1.82) is 0 Å². The van der Waals surface area contributed by atoms with E-state index < -0.39 is 6.10 Å². The summed E-state index contributed by atoms with van der Waals surface area (Å²) in [5, 5.41) is 9.90. The van der Waals surface area contributed by atoms with Crippen LogP contribution in [0.15, 0.2) is 24.3 Å². The summed E-state index contributed by atoms with van der Waals surface area (Å²) in [6.07, 6.45) is 0.467. The van der Waals surface area contributed by atoms with Gasteiger partial charge in [0.1, 0.15) is 0 Å². The predicted octanol–water partition coefficient (Wildman–Crippen LogP) is 2.83. The quantitative estimate of drug-likeness (QED) is 0.856. The van der Waals surface area contributed by atoms with Gasteiger partial charge in [-0.3, -0.25) is 4.79 Å². The van der Waals surface area contributed by atoms with Gasteiger partial charge in [-0.1, -0.05) is 39.8 Å². The molecule has 1 aliphatic rings. The average Bonchev–Trinajstić information content (AvgIpc) is 2.40. The molecular formula is C17H25NO2. The van der Waals surface area contributed by atoms with Crippen LogP contribution in [0.25, 0.3) is 0 Å². The summed E-state index contributed by atoms with van der Waals surface area (Å²) in [5.41, 5.74) is 2.03. The van der Waals surface area contributed by atoms with Crippen molar-refractivity contribution in [2.24, 2.45) is 5.92 Å². The summed E-state index contributed by atoms with van der Waals surface area (Å²) in [5.74, 6) is 0.304. The zero-order valence-corrected chi connectivity index (χ0v) is 12.9. The van der Waals surface area contributed by atoms with Gasteiger partial charge in [-0.2, -0.15) is 0 Å². The molecule has 2 atom stereocenters. The molecule has 0 aromatic heterocycles. The standard InChI is InChI=1S/C17H25NO2/c1-12-9-10-18(11-15(12)19)16(20)13-5-7-14(8-6-13)17(2,3)4/h5-8,12,15,19H,9-11H2,1-4H3. The first-order chi connectivity index (χ1) is 9.29. The Balaban J connectivity index is 2.10. The van der Waals surface area contributed by atoms with Crippen LogP contribution in [0.1, 0.15) is 50.0 Å². The molecule has 0 saturated carbocycles. The number of carbonyl (C=O) groups excluding carboxylic acids is 1.